The first-order valence-electron chi connectivity index (χ1n) is 17.1. The molecule has 1 spiro atoms. The predicted octanol–water partition coefficient (Wildman–Crippen LogP) is 3.50. The average molecular weight is 656 g/mol. The van der Waals surface area contributed by atoms with E-state index in [-0.39, 0.29) is 24.1 Å². The normalized spacial score (nSPS) is 26.3. The number of nitrogens with zero attached hydrogens (tertiary/aromatic N) is 8. The largest absolute Gasteiger partial charge is 0.461 e. The van der Waals surface area contributed by atoms with Crippen molar-refractivity contribution in [2.75, 3.05) is 51.0 Å². The fourth-order valence-electron chi connectivity index (χ4n) is 8.79. The Bertz CT molecular complexity index is 1820. The van der Waals surface area contributed by atoms with E-state index < -0.39 is 11.8 Å². The molecule has 3 atom stereocenters. The number of carbonyl (C=O) groups is 1. The minimum absolute atomic E-state index is 0.135. The second-order valence-electron chi connectivity index (χ2n) is 14.3. The lowest BCUT2D eigenvalue weighted by molar-refractivity contribution is -0.0857. The second-order valence-corrected chi connectivity index (χ2v) is 14.3. The number of aryl methyl sites for hydroxylation is 2. The molecule has 6 heterocycles. The number of alkyl halides is 1. The summed E-state index contributed by atoms with van der Waals surface area (Å²) in [5.41, 5.74) is 11.2. The van der Waals surface area contributed by atoms with Gasteiger partial charge in [0.25, 0.3) is 5.91 Å². The fourth-order valence-corrected chi connectivity index (χ4v) is 8.79. The predicted molar refractivity (Wildman–Crippen MR) is 175 cm³/mol. The lowest BCUT2D eigenvalue weighted by atomic mass is 9.72. The van der Waals surface area contributed by atoms with Gasteiger partial charge in [0.2, 0.25) is 0 Å². The number of amides is 1. The van der Waals surface area contributed by atoms with E-state index >= 15 is 0 Å². The summed E-state index contributed by atoms with van der Waals surface area (Å²) in [5, 5.41) is 14.8. The number of carbonyl (C=O) groups excluding carboxylic acids is 1. The Morgan fingerprint density at radius 2 is 2.08 bits per heavy atom. The van der Waals surface area contributed by atoms with E-state index in [2.05, 4.69) is 21.0 Å². The summed E-state index contributed by atoms with van der Waals surface area (Å²) >= 11 is 0. The van der Waals surface area contributed by atoms with Crippen molar-refractivity contribution in [2.24, 2.45) is 0 Å². The van der Waals surface area contributed by atoms with Gasteiger partial charge >= 0.3 is 6.01 Å². The number of ether oxygens (including phenoxy) is 2. The van der Waals surface area contributed by atoms with E-state index in [0.29, 0.717) is 62.6 Å². The molecule has 1 aliphatic carbocycles. The van der Waals surface area contributed by atoms with Crippen molar-refractivity contribution in [3.63, 3.8) is 0 Å². The molecule has 2 saturated heterocycles. The molecule has 3 aromatic rings. The lowest BCUT2D eigenvalue weighted by Crippen LogP contribution is -2.44. The van der Waals surface area contributed by atoms with Gasteiger partial charge in [-0.25, -0.2) is 4.39 Å². The highest BCUT2D eigenvalue weighted by Gasteiger charge is 2.50. The van der Waals surface area contributed by atoms with Crippen LogP contribution >= 0.6 is 0 Å². The third-order valence-electron chi connectivity index (χ3n) is 11.1. The average Bonchev–Trinajstić information content (AvgIpc) is 3.70. The number of benzene rings is 1. The van der Waals surface area contributed by atoms with E-state index in [1.165, 1.54) is 4.90 Å². The molecule has 8 rings (SSSR count). The van der Waals surface area contributed by atoms with E-state index in [4.69, 9.17) is 25.2 Å². The van der Waals surface area contributed by atoms with E-state index in [1.54, 1.807) is 14.1 Å². The second kappa shape index (κ2) is 11.7. The van der Waals surface area contributed by atoms with Crippen LogP contribution in [0.15, 0.2) is 18.2 Å². The molecule has 0 unspecified atom stereocenters. The number of nitriles is 1. The summed E-state index contributed by atoms with van der Waals surface area (Å²) in [5.74, 6) is 0.600. The van der Waals surface area contributed by atoms with Crippen molar-refractivity contribution in [1.82, 2.24) is 29.5 Å². The molecule has 4 aliphatic heterocycles. The third kappa shape index (κ3) is 5.08. The van der Waals surface area contributed by atoms with Gasteiger partial charge in [0, 0.05) is 63.4 Å². The quantitative estimate of drug-likeness (QED) is 0.407. The molecule has 12 nitrogen and oxygen atoms in total. The first kappa shape index (κ1) is 31.0. The van der Waals surface area contributed by atoms with Gasteiger partial charge in [-0.05, 0) is 62.8 Å². The van der Waals surface area contributed by atoms with E-state index in [0.717, 1.165) is 79.0 Å². The minimum atomic E-state index is -0.856. The Hall–Kier alpha value is -4.28. The molecule has 2 aromatic heterocycles. The molecule has 2 fully saturated rings. The fraction of sp³-hybridized carbons (Fsp3) is 0.571. The molecule has 2 N–H and O–H groups in total. The van der Waals surface area contributed by atoms with E-state index in [1.807, 2.05) is 22.9 Å². The standard InChI is InChI=1S/C35H42FN9O3/c1-42(2)32(46)28-14-24-19-43(11-5-13-45(24)41-28)31-26-20-48-35(10-3-6-22-7-8-27(38)25(17-37)30(22)35)16-29(26)39-33(40-31)47-21-34-9-4-12-44(34)18-23(36)15-34/h7-8,14,23H,3-6,9-13,15-16,18-21,38H2,1-2H3/t23-,34+,35-/m1/s1. The summed E-state index contributed by atoms with van der Waals surface area (Å²) in [7, 11) is 3.45. The van der Waals surface area contributed by atoms with Crippen molar-refractivity contribution in [3.8, 4) is 12.1 Å². The topological polar surface area (TPSA) is 139 Å². The zero-order valence-electron chi connectivity index (χ0n) is 27.7. The first-order chi connectivity index (χ1) is 23.2. The highest BCUT2D eigenvalue weighted by Crippen LogP contribution is 2.48. The maximum atomic E-state index is 14.6. The van der Waals surface area contributed by atoms with Gasteiger partial charge in [0.05, 0.1) is 35.6 Å². The molecule has 1 amide bonds. The van der Waals surface area contributed by atoms with E-state index in [9.17, 15) is 14.4 Å². The molecular weight excluding hydrogens is 613 g/mol. The summed E-state index contributed by atoms with van der Waals surface area (Å²) < 4.78 is 29.8. The van der Waals surface area contributed by atoms with Crippen LogP contribution in [0.1, 0.15) is 82.7 Å². The summed E-state index contributed by atoms with van der Waals surface area (Å²) in [6.07, 6.45) is 5.30. The summed E-state index contributed by atoms with van der Waals surface area (Å²) in [6, 6.07) is 8.34. The summed E-state index contributed by atoms with van der Waals surface area (Å²) in [6.45, 7) is 3.82. The Kier molecular flexibility index (Phi) is 7.56. The number of nitrogen functional groups attached to an aromatic ring is 1. The Morgan fingerprint density at radius 3 is 2.92 bits per heavy atom. The van der Waals surface area contributed by atoms with Crippen LogP contribution in [0.2, 0.25) is 0 Å². The maximum Gasteiger partial charge on any atom is 0.318 e. The number of rotatable bonds is 5. The molecular formula is C35H42FN9O3. The van der Waals surface area contributed by atoms with Gasteiger partial charge in [-0.3, -0.25) is 14.4 Å². The van der Waals surface area contributed by atoms with Crippen LogP contribution < -0.4 is 15.4 Å². The van der Waals surface area contributed by atoms with Crippen LogP contribution in [0.3, 0.4) is 0 Å². The van der Waals surface area contributed by atoms with Crippen molar-refractivity contribution >= 4 is 17.4 Å². The molecule has 1 aromatic carbocycles. The molecule has 5 aliphatic rings. The van der Waals surface area contributed by atoms with Crippen LogP contribution in [-0.2, 0) is 42.9 Å². The first-order valence-corrected chi connectivity index (χ1v) is 17.1. The van der Waals surface area contributed by atoms with Crippen molar-refractivity contribution in [1.29, 1.82) is 5.26 Å². The Balaban J connectivity index is 1.18. The number of hydrogen-bond donors (Lipinski definition) is 1. The number of halogens is 1. The van der Waals surface area contributed by atoms with Gasteiger partial charge in [-0.1, -0.05) is 6.07 Å². The van der Waals surface area contributed by atoms with Crippen LogP contribution in [0.25, 0.3) is 0 Å². The number of aromatic nitrogens is 4. The maximum absolute atomic E-state index is 14.6. The molecule has 0 saturated carbocycles. The minimum Gasteiger partial charge on any atom is -0.461 e. The molecule has 48 heavy (non-hydrogen) atoms. The highest BCUT2D eigenvalue weighted by atomic mass is 19.1. The smallest absolute Gasteiger partial charge is 0.318 e. The molecule has 0 radical (unpaired) electrons. The van der Waals surface area contributed by atoms with Gasteiger partial charge in [0.15, 0.2) is 5.69 Å². The zero-order chi connectivity index (χ0) is 33.2. The number of fused-ring (bicyclic) bond motifs is 5. The summed E-state index contributed by atoms with van der Waals surface area (Å²) in [4.78, 5) is 28.8. The lowest BCUT2D eigenvalue weighted by Gasteiger charge is -2.43. The third-order valence-corrected chi connectivity index (χ3v) is 11.1. The van der Waals surface area contributed by atoms with Crippen molar-refractivity contribution < 1.29 is 18.7 Å². The van der Waals surface area contributed by atoms with Crippen LogP contribution in [0.4, 0.5) is 15.9 Å². The van der Waals surface area contributed by atoms with Gasteiger partial charge in [-0.15, -0.1) is 0 Å². The van der Waals surface area contributed by atoms with Gasteiger partial charge < -0.3 is 25.0 Å². The van der Waals surface area contributed by atoms with Crippen LogP contribution in [-0.4, -0.2) is 87.5 Å². The monoisotopic (exact) mass is 655 g/mol. The molecule has 252 valence electrons. The molecule has 13 heteroatoms. The zero-order valence-corrected chi connectivity index (χ0v) is 27.7. The number of hydrogen-bond acceptors (Lipinski definition) is 10. The Labute approximate surface area is 279 Å². The van der Waals surface area contributed by atoms with Gasteiger partial charge in [-0.2, -0.15) is 20.3 Å². The van der Waals surface area contributed by atoms with Crippen LogP contribution in [0, 0.1) is 11.3 Å². The molecule has 0 bridgehead atoms. The highest BCUT2D eigenvalue weighted by molar-refractivity contribution is 5.92. The Morgan fingerprint density at radius 1 is 1.21 bits per heavy atom. The van der Waals surface area contributed by atoms with Crippen molar-refractivity contribution in [2.45, 2.75) is 88.4 Å². The number of anilines is 2. The van der Waals surface area contributed by atoms with Crippen LogP contribution in [0.5, 0.6) is 6.01 Å². The number of nitrogens with two attached hydrogens (primary N) is 1. The van der Waals surface area contributed by atoms with Gasteiger partial charge in [0.1, 0.15) is 30.3 Å². The SMILES string of the molecule is CN(C)C(=O)c1cc2n(n1)CCCN(c1nc(OC[C@@]34CCCN3C[C@H](F)C4)nc3c1CO[C@]1(CCCc4ccc(N)c(C#N)c41)C3)C2. The van der Waals surface area contributed by atoms with Crippen molar-refractivity contribution in [3.05, 3.63) is 57.5 Å².